The zero-order chi connectivity index (χ0) is 15.6. The Labute approximate surface area is 116 Å². The van der Waals surface area contributed by atoms with Crippen LogP contribution < -0.4 is 11.1 Å². The van der Waals surface area contributed by atoms with Crippen molar-refractivity contribution < 1.29 is 19.1 Å². The van der Waals surface area contributed by atoms with Crippen molar-refractivity contribution in [2.45, 2.75) is 39.8 Å². The first-order valence-corrected chi connectivity index (χ1v) is 6.31. The molecule has 3 N–H and O–H groups in total. The molecule has 0 fully saturated rings. The van der Waals surface area contributed by atoms with Crippen LogP contribution in [0.5, 0.6) is 0 Å². The average molecular weight is 276 g/mol. The van der Waals surface area contributed by atoms with E-state index >= 15 is 0 Å². The van der Waals surface area contributed by atoms with Gasteiger partial charge in [0, 0.05) is 12.1 Å². The summed E-state index contributed by atoms with van der Waals surface area (Å²) in [6.07, 6.45) is 0. The molecule has 0 aliphatic carbocycles. The Hall–Kier alpha value is -1.14. The number of hydrogen-bond acceptors (Lipinski definition) is 6. The standard InChI is InChI=1S/C7H15NO2.C6H13NO2/c1-5(6(2)8-3)7(9)10-4;1-4(5(2)7)6(8)9-3/h5-6,8H,1-4H3;4-5H,7H2,1-3H3/t5-,6+;4-,5+/m11/s1. The molecule has 0 unspecified atom stereocenters. The van der Waals surface area contributed by atoms with Gasteiger partial charge in [0.25, 0.3) is 0 Å². The Morgan fingerprint density at radius 3 is 1.53 bits per heavy atom. The normalized spacial score (nSPS) is 16.2. The predicted molar refractivity (Wildman–Crippen MR) is 74.5 cm³/mol. The van der Waals surface area contributed by atoms with Gasteiger partial charge in [-0.1, -0.05) is 13.8 Å². The van der Waals surface area contributed by atoms with Crippen LogP contribution in [0.4, 0.5) is 0 Å². The van der Waals surface area contributed by atoms with Crippen molar-refractivity contribution in [3.8, 4) is 0 Å². The van der Waals surface area contributed by atoms with Crippen LogP contribution in [0.15, 0.2) is 0 Å². The van der Waals surface area contributed by atoms with Gasteiger partial charge in [0.05, 0.1) is 26.1 Å². The minimum absolute atomic E-state index is 0.0741. The summed E-state index contributed by atoms with van der Waals surface area (Å²) >= 11 is 0. The van der Waals surface area contributed by atoms with Gasteiger partial charge in [0.1, 0.15) is 0 Å². The summed E-state index contributed by atoms with van der Waals surface area (Å²) in [5.41, 5.74) is 5.41. The highest BCUT2D eigenvalue weighted by Gasteiger charge is 2.18. The molecule has 0 heterocycles. The molecule has 0 saturated carbocycles. The second-order valence-corrected chi connectivity index (χ2v) is 4.56. The Bertz CT molecular complexity index is 269. The van der Waals surface area contributed by atoms with Crippen LogP contribution in [-0.2, 0) is 19.1 Å². The number of carbonyl (C=O) groups is 2. The highest BCUT2D eigenvalue weighted by atomic mass is 16.5. The van der Waals surface area contributed by atoms with Crippen molar-refractivity contribution in [2.24, 2.45) is 17.6 Å². The highest BCUT2D eigenvalue weighted by Crippen LogP contribution is 2.03. The first-order chi connectivity index (χ1) is 8.72. The van der Waals surface area contributed by atoms with Crippen molar-refractivity contribution >= 4 is 11.9 Å². The molecule has 0 bridgehead atoms. The minimum atomic E-state index is -0.245. The maximum atomic E-state index is 10.8. The van der Waals surface area contributed by atoms with E-state index in [-0.39, 0.29) is 35.9 Å². The van der Waals surface area contributed by atoms with Crippen LogP contribution >= 0.6 is 0 Å². The van der Waals surface area contributed by atoms with E-state index in [0.717, 1.165) is 0 Å². The molecule has 6 heteroatoms. The molecule has 0 amide bonds. The van der Waals surface area contributed by atoms with Gasteiger partial charge in [-0.25, -0.2) is 0 Å². The summed E-state index contributed by atoms with van der Waals surface area (Å²) in [6, 6.07) is 0.0462. The minimum Gasteiger partial charge on any atom is -0.469 e. The van der Waals surface area contributed by atoms with Crippen LogP contribution in [0, 0.1) is 11.8 Å². The molecule has 0 aromatic heterocycles. The molecule has 6 nitrogen and oxygen atoms in total. The lowest BCUT2D eigenvalue weighted by Gasteiger charge is -2.15. The lowest BCUT2D eigenvalue weighted by Crippen LogP contribution is -2.34. The third kappa shape index (κ3) is 8.56. The Kier molecular flexibility index (Phi) is 11.4. The largest absolute Gasteiger partial charge is 0.469 e. The first-order valence-electron chi connectivity index (χ1n) is 6.31. The van der Waals surface area contributed by atoms with Crippen molar-refractivity contribution in [3.63, 3.8) is 0 Å². The van der Waals surface area contributed by atoms with Crippen molar-refractivity contribution in [1.82, 2.24) is 5.32 Å². The van der Waals surface area contributed by atoms with E-state index in [1.807, 2.05) is 20.9 Å². The summed E-state index contributed by atoms with van der Waals surface area (Å²) in [5.74, 6) is -0.683. The molecule has 4 atom stereocenters. The van der Waals surface area contributed by atoms with E-state index in [4.69, 9.17) is 5.73 Å². The van der Waals surface area contributed by atoms with Gasteiger partial charge in [-0.2, -0.15) is 0 Å². The van der Waals surface area contributed by atoms with Crippen molar-refractivity contribution in [3.05, 3.63) is 0 Å². The van der Waals surface area contributed by atoms with Crippen molar-refractivity contribution in [1.29, 1.82) is 0 Å². The third-order valence-corrected chi connectivity index (χ3v) is 3.14. The zero-order valence-electron chi connectivity index (χ0n) is 13.0. The predicted octanol–water partition coefficient (Wildman–Crippen LogP) is 0.546. The number of methoxy groups -OCH3 is 2. The number of hydrogen-bond donors (Lipinski definition) is 2. The van der Waals surface area contributed by atoms with Gasteiger partial charge in [0.2, 0.25) is 0 Å². The Balaban J connectivity index is 0. The molecule has 114 valence electrons. The second-order valence-electron chi connectivity index (χ2n) is 4.56. The van der Waals surface area contributed by atoms with Gasteiger partial charge in [0.15, 0.2) is 0 Å². The third-order valence-electron chi connectivity index (χ3n) is 3.14. The molecule has 19 heavy (non-hydrogen) atoms. The van der Waals surface area contributed by atoms with Crippen molar-refractivity contribution in [2.75, 3.05) is 21.3 Å². The molecular formula is C13H28N2O4. The van der Waals surface area contributed by atoms with E-state index < -0.39 is 0 Å². The summed E-state index contributed by atoms with van der Waals surface area (Å²) in [4.78, 5) is 21.5. The van der Waals surface area contributed by atoms with Gasteiger partial charge >= 0.3 is 11.9 Å². The number of nitrogens with one attached hydrogen (secondary N) is 1. The van der Waals surface area contributed by atoms with Crippen LogP contribution in [-0.4, -0.2) is 45.3 Å². The number of rotatable bonds is 5. The van der Waals surface area contributed by atoms with E-state index in [0.29, 0.717) is 0 Å². The molecule has 0 spiro atoms. The number of esters is 2. The summed E-state index contributed by atoms with van der Waals surface area (Å²) < 4.78 is 9.01. The quantitative estimate of drug-likeness (QED) is 0.712. The van der Waals surface area contributed by atoms with Crippen LogP contribution in [0.25, 0.3) is 0 Å². The number of ether oxygens (including phenoxy) is 2. The fraction of sp³-hybridized carbons (Fsp3) is 0.846. The average Bonchev–Trinajstić information content (AvgIpc) is 2.43. The van der Waals surface area contributed by atoms with Gasteiger partial charge < -0.3 is 20.5 Å². The molecule has 0 saturated heterocycles. The number of carbonyl (C=O) groups excluding carboxylic acids is 2. The fourth-order valence-corrected chi connectivity index (χ4v) is 1.04. The smallest absolute Gasteiger partial charge is 0.309 e. The summed E-state index contributed by atoms with van der Waals surface area (Å²) in [5, 5.41) is 2.98. The zero-order valence-corrected chi connectivity index (χ0v) is 13.0. The van der Waals surface area contributed by atoms with Gasteiger partial charge in [-0.05, 0) is 20.9 Å². The van der Waals surface area contributed by atoms with Crippen LogP contribution in [0.2, 0.25) is 0 Å². The van der Waals surface area contributed by atoms with E-state index in [2.05, 4.69) is 14.8 Å². The SMILES string of the molecule is CN[C@@H](C)[C@@H](C)C(=O)OC.COC(=O)[C@H](C)[C@H](C)N. The monoisotopic (exact) mass is 276 g/mol. The Morgan fingerprint density at radius 1 is 0.947 bits per heavy atom. The van der Waals surface area contributed by atoms with Crippen LogP contribution in [0.3, 0.4) is 0 Å². The molecule has 0 aliphatic rings. The maximum Gasteiger partial charge on any atom is 0.309 e. The van der Waals surface area contributed by atoms with E-state index in [1.165, 1.54) is 14.2 Å². The lowest BCUT2D eigenvalue weighted by atomic mass is 10.1. The molecule has 0 rings (SSSR count). The second kappa shape index (κ2) is 10.8. The Morgan fingerprint density at radius 2 is 1.32 bits per heavy atom. The molecule has 0 radical (unpaired) electrons. The van der Waals surface area contributed by atoms with E-state index in [1.54, 1.807) is 13.8 Å². The molecule has 0 aromatic rings. The molecule has 0 aliphatic heterocycles. The number of nitrogens with two attached hydrogens (primary N) is 1. The maximum absolute atomic E-state index is 10.8. The summed E-state index contributed by atoms with van der Waals surface area (Å²) in [7, 11) is 4.59. The topological polar surface area (TPSA) is 90.6 Å². The van der Waals surface area contributed by atoms with Gasteiger partial charge in [-0.3, -0.25) is 9.59 Å². The summed E-state index contributed by atoms with van der Waals surface area (Å²) in [6.45, 7) is 7.31. The molecular weight excluding hydrogens is 248 g/mol. The lowest BCUT2D eigenvalue weighted by molar-refractivity contribution is -0.146. The fourth-order valence-electron chi connectivity index (χ4n) is 1.04. The van der Waals surface area contributed by atoms with Gasteiger partial charge in [-0.15, -0.1) is 0 Å². The first kappa shape index (κ1) is 20.2. The van der Waals surface area contributed by atoms with E-state index in [9.17, 15) is 9.59 Å². The highest BCUT2D eigenvalue weighted by molar-refractivity contribution is 5.72. The van der Waals surface area contributed by atoms with Crippen LogP contribution in [0.1, 0.15) is 27.7 Å². The molecule has 0 aromatic carbocycles.